The number of hydrogen-bond acceptors (Lipinski definition) is 3. The predicted molar refractivity (Wildman–Crippen MR) is 67.7 cm³/mol. The molecule has 2 N–H and O–H groups in total. The van der Waals surface area contributed by atoms with Crippen LogP contribution in [0.1, 0.15) is 24.8 Å². The van der Waals surface area contributed by atoms with Crippen molar-refractivity contribution in [2.45, 2.75) is 25.7 Å². The van der Waals surface area contributed by atoms with E-state index < -0.39 is 0 Å². The molecule has 0 unspecified atom stereocenters. The Labute approximate surface area is 106 Å². The van der Waals surface area contributed by atoms with Crippen LogP contribution in [0.15, 0.2) is 18.2 Å². The van der Waals surface area contributed by atoms with E-state index in [0.29, 0.717) is 18.6 Å². The van der Waals surface area contributed by atoms with Crippen LogP contribution < -0.4 is 15.6 Å². The second kappa shape index (κ2) is 7.66. The highest BCUT2D eigenvalue weighted by Crippen LogP contribution is 2.21. The lowest BCUT2D eigenvalue weighted by Crippen LogP contribution is -2.33. The van der Waals surface area contributed by atoms with Gasteiger partial charge in [-0.15, -0.1) is 0 Å². The van der Waals surface area contributed by atoms with Crippen LogP contribution in [-0.4, -0.2) is 20.1 Å². The molecule has 100 valence electrons. The Hall–Kier alpha value is -1.62. The molecule has 0 saturated carbocycles. The zero-order valence-electron chi connectivity index (χ0n) is 10.8. The number of methoxy groups -OCH3 is 1. The van der Waals surface area contributed by atoms with E-state index >= 15 is 0 Å². The van der Waals surface area contributed by atoms with E-state index in [9.17, 15) is 9.18 Å². The minimum atomic E-state index is -0.265. The quantitative estimate of drug-likeness (QED) is 0.576. The minimum absolute atomic E-state index is 0.0382. The lowest BCUT2D eigenvalue weighted by molar-refractivity contribution is -0.122. The van der Waals surface area contributed by atoms with Gasteiger partial charge in [0.1, 0.15) is 11.6 Å². The van der Waals surface area contributed by atoms with E-state index in [0.717, 1.165) is 18.4 Å². The van der Waals surface area contributed by atoms with Gasteiger partial charge >= 0.3 is 0 Å². The van der Waals surface area contributed by atoms with E-state index in [1.54, 1.807) is 20.2 Å². The van der Waals surface area contributed by atoms with Crippen molar-refractivity contribution in [3.63, 3.8) is 0 Å². The van der Waals surface area contributed by atoms with Crippen molar-refractivity contribution < 1.29 is 13.9 Å². The first-order valence-corrected chi connectivity index (χ1v) is 5.95. The summed E-state index contributed by atoms with van der Waals surface area (Å²) < 4.78 is 18.3. The average Bonchev–Trinajstić information content (AvgIpc) is 2.35. The normalized spacial score (nSPS) is 10.2. The average molecular weight is 254 g/mol. The second-order valence-corrected chi connectivity index (χ2v) is 3.96. The van der Waals surface area contributed by atoms with Crippen LogP contribution in [-0.2, 0) is 11.2 Å². The van der Waals surface area contributed by atoms with Crippen molar-refractivity contribution >= 4 is 5.91 Å². The number of hydrazine groups is 1. The monoisotopic (exact) mass is 254 g/mol. The number of ether oxygens (including phenoxy) is 1. The van der Waals surface area contributed by atoms with E-state index in [1.807, 2.05) is 0 Å². The van der Waals surface area contributed by atoms with Crippen LogP contribution in [0.4, 0.5) is 4.39 Å². The molecule has 18 heavy (non-hydrogen) atoms. The number of rotatable bonds is 7. The number of benzene rings is 1. The molecule has 0 radical (unpaired) electrons. The third-order valence-electron chi connectivity index (χ3n) is 2.61. The predicted octanol–water partition coefficient (Wildman–Crippen LogP) is 1.80. The molecule has 0 aliphatic heterocycles. The molecule has 0 aliphatic carbocycles. The van der Waals surface area contributed by atoms with E-state index in [2.05, 4.69) is 10.9 Å². The third kappa shape index (κ3) is 4.71. The largest absolute Gasteiger partial charge is 0.496 e. The molecule has 0 saturated heterocycles. The maximum Gasteiger partial charge on any atom is 0.234 e. The minimum Gasteiger partial charge on any atom is -0.496 e. The molecular formula is C13H19FN2O2. The molecule has 1 aromatic carbocycles. The number of amides is 1. The molecule has 1 aromatic rings. The van der Waals surface area contributed by atoms with Gasteiger partial charge in [-0.3, -0.25) is 10.2 Å². The van der Waals surface area contributed by atoms with Gasteiger partial charge in [-0.25, -0.2) is 9.82 Å². The fraction of sp³-hybridized carbons (Fsp3) is 0.462. The standard InChI is InChI=1S/C13H19FN2O2/c1-15-16-13(17)6-4-3-5-10-9-11(14)7-8-12(10)18-2/h7-9,15H,3-6H2,1-2H3,(H,16,17). The van der Waals surface area contributed by atoms with Gasteiger partial charge in [0.2, 0.25) is 5.91 Å². The summed E-state index contributed by atoms with van der Waals surface area (Å²) in [7, 11) is 3.21. The Morgan fingerprint density at radius 2 is 2.17 bits per heavy atom. The first kappa shape index (κ1) is 14.4. The number of nitrogens with one attached hydrogen (secondary N) is 2. The Kier molecular flexibility index (Phi) is 6.14. The summed E-state index contributed by atoms with van der Waals surface area (Å²) in [4.78, 5) is 11.2. The van der Waals surface area contributed by atoms with Crippen LogP contribution in [0.25, 0.3) is 0 Å². The van der Waals surface area contributed by atoms with Gasteiger partial charge in [0.05, 0.1) is 7.11 Å². The summed E-state index contributed by atoms with van der Waals surface area (Å²) in [6, 6.07) is 4.48. The summed E-state index contributed by atoms with van der Waals surface area (Å²) >= 11 is 0. The molecule has 1 rings (SSSR count). The van der Waals surface area contributed by atoms with Crippen molar-refractivity contribution in [1.82, 2.24) is 10.9 Å². The van der Waals surface area contributed by atoms with Crippen molar-refractivity contribution in [3.8, 4) is 5.75 Å². The fourth-order valence-corrected chi connectivity index (χ4v) is 1.75. The number of hydrogen-bond donors (Lipinski definition) is 2. The maximum atomic E-state index is 13.1. The molecule has 0 heterocycles. The fourth-order valence-electron chi connectivity index (χ4n) is 1.75. The van der Waals surface area contributed by atoms with Crippen LogP contribution in [0.2, 0.25) is 0 Å². The molecule has 4 nitrogen and oxygen atoms in total. The topological polar surface area (TPSA) is 50.4 Å². The Morgan fingerprint density at radius 1 is 1.39 bits per heavy atom. The molecule has 1 amide bonds. The summed E-state index contributed by atoms with van der Waals surface area (Å²) in [5.74, 6) is 0.388. The zero-order chi connectivity index (χ0) is 13.4. The van der Waals surface area contributed by atoms with Gasteiger partial charge in [-0.05, 0) is 43.0 Å². The number of aryl methyl sites for hydroxylation is 1. The van der Waals surface area contributed by atoms with Gasteiger partial charge in [-0.2, -0.15) is 0 Å². The third-order valence-corrected chi connectivity index (χ3v) is 2.61. The SMILES string of the molecule is CNNC(=O)CCCCc1cc(F)ccc1OC. The second-order valence-electron chi connectivity index (χ2n) is 3.96. The molecule has 5 heteroatoms. The smallest absolute Gasteiger partial charge is 0.234 e. The van der Waals surface area contributed by atoms with Gasteiger partial charge < -0.3 is 4.74 Å². The number of carbonyl (C=O) groups is 1. The molecule has 0 atom stereocenters. The molecule has 0 spiro atoms. The van der Waals surface area contributed by atoms with E-state index in [-0.39, 0.29) is 11.7 Å². The van der Waals surface area contributed by atoms with Crippen molar-refractivity contribution in [2.75, 3.05) is 14.2 Å². The summed E-state index contributed by atoms with van der Waals surface area (Å²) in [6.07, 6.45) is 2.73. The first-order chi connectivity index (χ1) is 8.67. The van der Waals surface area contributed by atoms with Crippen molar-refractivity contribution in [3.05, 3.63) is 29.6 Å². The molecule has 0 aliphatic rings. The number of halogens is 1. The lowest BCUT2D eigenvalue weighted by atomic mass is 10.1. The van der Waals surface area contributed by atoms with Crippen LogP contribution in [0, 0.1) is 5.82 Å². The summed E-state index contributed by atoms with van der Waals surface area (Å²) in [5, 5.41) is 0. The van der Waals surface area contributed by atoms with Crippen LogP contribution in [0.5, 0.6) is 5.75 Å². The van der Waals surface area contributed by atoms with Crippen LogP contribution in [0.3, 0.4) is 0 Å². The van der Waals surface area contributed by atoms with Gasteiger partial charge in [0.25, 0.3) is 0 Å². The highest BCUT2D eigenvalue weighted by molar-refractivity contribution is 5.75. The van der Waals surface area contributed by atoms with Crippen molar-refractivity contribution in [1.29, 1.82) is 0 Å². The summed E-state index contributed by atoms with van der Waals surface area (Å²) in [6.45, 7) is 0. The van der Waals surface area contributed by atoms with Crippen LogP contribution >= 0.6 is 0 Å². The summed E-state index contributed by atoms with van der Waals surface area (Å²) in [5.41, 5.74) is 5.92. The van der Waals surface area contributed by atoms with Gasteiger partial charge in [0.15, 0.2) is 0 Å². The van der Waals surface area contributed by atoms with Gasteiger partial charge in [-0.1, -0.05) is 0 Å². The first-order valence-electron chi connectivity index (χ1n) is 5.95. The molecule has 0 bridgehead atoms. The Morgan fingerprint density at radius 3 is 2.83 bits per heavy atom. The number of unbranched alkanes of at least 4 members (excludes halogenated alkanes) is 1. The molecule has 0 aromatic heterocycles. The number of carbonyl (C=O) groups excluding carboxylic acids is 1. The molecular weight excluding hydrogens is 235 g/mol. The maximum absolute atomic E-state index is 13.1. The van der Waals surface area contributed by atoms with Gasteiger partial charge in [0, 0.05) is 13.5 Å². The van der Waals surface area contributed by atoms with E-state index in [1.165, 1.54) is 12.1 Å². The Balaban J connectivity index is 2.39. The lowest BCUT2D eigenvalue weighted by Gasteiger charge is -2.08. The highest BCUT2D eigenvalue weighted by Gasteiger charge is 2.05. The van der Waals surface area contributed by atoms with Crippen molar-refractivity contribution in [2.24, 2.45) is 0 Å². The van der Waals surface area contributed by atoms with E-state index in [4.69, 9.17) is 4.74 Å². The molecule has 0 fully saturated rings. The highest BCUT2D eigenvalue weighted by atomic mass is 19.1. The zero-order valence-corrected chi connectivity index (χ0v) is 10.8. The Bertz CT molecular complexity index is 397.